The summed E-state index contributed by atoms with van der Waals surface area (Å²) in [5, 5.41) is 7.06. The Morgan fingerprint density at radius 3 is 2.91 bits per heavy atom. The van der Waals surface area contributed by atoms with Gasteiger partial charge in [-0.25, -0.2) is 8.42 Å². The number of rotatable bonds is 5. The van der Waals surface area contributed by atoms with E-state index in [-0.39, 0.29) is 23.5 Å². The number of thiophene rings is 1. The maximum absolute atomic E-state index is 12.5. The van der Waals surface area contributed by atoms with E-state index in [0.29, 0.717) is 12.8 Å². The van der Waals surface area contributed by atoms with Gasteiger partial charge in [0.05, 0.1) is 23.5 Å². The number of amides is 1. The number of nitrogens with one attached hydrogen (secondary N) is 1. The van der Waals surface area contributed by atoms with Crippen molar-refractivity contribution in [2.45, 2.75) is 18.9 Å². The predicted molar refractivity (Wildman–Crippen MR) is 89.9 cm³/mol. The van der Waals surface area contributed by atoms with Crippen molar-refractivity contribution < 1.29 is 13.2 Å². The smallest absolute Gasteiger partial charge is 0.224 e. The van der Waals surface area contributed by atoms with Crippen LogP contribution in [0.4, 0.5) is 0 Å². The van der Waals surface area contributed by atoms with Crippen LogP contribution in [-0.2, 0) is 21.1 Å². The molecule has 2 aromatic heterocycles. The van der Waals surface area contributed by atoms with Crippen molar-refractivity contribution in [3.8, 4) is 0 Å². The number of nitrogens with zero attached hydrogens (tertiary/aromatic N) is 1. The molecule has 1 saturated heterocycles. The minimum Gasteiger partial charge on any atom is -0.349 e. The van der Waals surface area contributed by atoms with Crippen LogP contribution in [0.5, 0.6) is 0 Å². The molecule has 1 aliphatic heterocycles. The molecule has 3 heterocycles. The van der Waals surface area contributed by atoms with Gasteiger partial charge in [-0.3, -0.25) is 9.78 Å². The van der Waals surface area contributed by atoms with Crippen molar-refractivity contribution in [1.82, 2.24) is 10.3 Å². The third-order valence-corrected chi connectivity index (χ3v) is 6.53. The maximum Gasteiger partial charge on any atom is 0.224 e. The lowest BCUT2D eigenvalue weighted by Crippen LogP contribution is -2.35. The second-order valence-corrected chi connectivity index (χ2v) is 8.79. The summed E-state index contributed by atoms with van der Waals surface area (Å²) < 4.78 is 23.1. The Hall–Kier alpha value is -1.73. The van der Waals surface area contributed by atoms with Crippen LogP contribution in [0.3, 0.4) is 0 Å². The molecule has 0 bridgehead atoms. The third kappa shape index (κ3) is 4.17. The molecule has 7 heteroatoms. The standard InChI is InChI=1S/C16H18N2O3S2/c19-16(14-4-7-23(20,21)11-14)18-15(8-12-3-6-22-10-12)13-2-1-5-17-9-13/h1-3,5-6,9-10,14-15H,4,7-8,11H2,(H,18,19). The molecule has 2 atom stereocenters. The van der Waals surface area contributed by atoms with E-state index in [1.54, 1.807) is 23.7 Å². The van der Waals surface area contributed by atoms with E-state index in [0.717, 1.165) is 11.1 Å². The molecule has 1 amide bonds. The van der Waals surface area contributed by atoms with E-state index in [1.165, 1.54) is 0 Å². The zero-order valence-electron chi connectivity index (χ0n) is 12.5. The minimum atomic E-state index is -3.06. The summed E-state index contributed by atoms with van der Waals surface area (Å²) in [6.45, 7) is 0. The molecule has 1 aliphatic rings. The van der Waals surface area contributed by atoms with E-state index < -0.39 is 15.8 Å². The molecule has 0 spiro atoms. The van der Waals surface area contributed by atoms with Gasteiger partial charge in [-0.05, 0) is 46.9 Å². The Balaban J connectivity index is 1.75. The molecule has 0 aliphatic carbocycles. The van der Waals surface area contributed by atoms with Gasteiger partial charge in [0.2, 0.25) is 5.91 Å². The Morgan fingerprint density at radius 1 is 1.43 bits per heavy atom. The zero-order chi connectivity index (χ0) is 16.3. The molecule has 122 valence electrons. The Kier molecular flexibility index (Phi) is 4.77. The van der Waals surface area contributed by atoms with E-state index in [4.69, 9.17) is 0 Å². The van der Waals surface area contributed by atoms with Crippen molar-refractivity contribution in [2.24, 2.45) is 5.92 Å². The summed E-state index contributed by atoms with van der Waals surface area (Å²) in [6, 6.07) is 5.59. The highest BCUT2D eigenvalue weighted by Crippen LogP contribution is 2.23. The van der Waals surface area contributed by atoms with E-state index in [1.807, 2.05) is 23.6 Å². The zero-order valence-corrected chi connectivity index (χ0v) is 14.1. The highest BCUT2D eigenvalue weighted by atomic mass is 32.2. The van der Waals surface area contributed by atoms with Crippen LogP contribution in [0.15, 0.2) is 41.4 Å². The van der Waals surface area contributed by atoms with Crippen molar-refractivity contribution in [3.05, 3.63) is 52.5 Å². The average Bonchev–Trinajstić information content (AvgIpc) is 3.16. The predicted octanol–water partition coefficient (Wildman–Crippen LogP) is 1.98. The number of carbonyl (C=O) groups excluding carboxylic acids is 1. The van der Waals surface area contributed by atoms with Gasteiger partial charge in [0, 0.05) is 12.4 Å². The lowest BCUT2D eigenvalue weighted by atomic mass is 10.0. The summed E-state index contributed by atoms with van der Waals surface area (Å²) in [6.07, 6.45) is 4.51. The Morgan fingerprint density at radius 2 is 2.30 bits per heavy atom. The molecule has 1 N–H and O–H groups in total. The largest absolute Gasteiger partial charge is 0.349 e. The van der Waals surface area contributed by atoms with Crippen LogP contribution >= 0.6 is 11.3 Å². The fourth-order valence-corrected chi connectivity index (χ4v) is 5.19. The topological polar surface area (TPSA) is 76.1 Å². The number of hydrogen-bond acceptors (Lipinski definition) is 5. The van der Waals surface area contributed by atoms with Crippen molar-refractivity contribution in [1.29, 1.82) is 0 Å². The van der Waals surface area contributed by atoms with Gasteiger partial charge in [-0.1, -0.05) is 6.07 Å². The third-order valence-electron chi connectivity index (χ3n) is 4.03. The van der Waals surface area contributed by atoms with Gasteiger partial charge in [-0.2, -0.15) is 11.3 Å². The second-order valence-electron chi connectivity index (χ2n) is 5.78. The first-order valence-electron chi connectivity index (χ1n) is 7.45. The molecule has 0 saturated carbocycles. The van der Waals surface area contributed by atoms with Gasteiger partial charge < -0.3 is 5.32 Å². The van der Waals surface area contributed by atoms with Crippen molar-refractivity contribution >= 4 is 27.1 Å². The number of aromatic nitrogens is 1. The van der Waals surface area contributed by atoms with Crippen LogP contribution in [-0.4, -0.2) is 30.8 Å². The lowest BCUT2D eigenvalue weighted by Gasteiger charge is -2.20. The van der Waals surface area contributed by atoms with Gasteiger partial charge in [0.15, 0.2) is 9.84 Å². The van der Waals surface area contributed by atoms with Gasteiger partial charge in [0.1, 0.15) is 0 Å². The highest BCUT2D eigenvalue weighted by molar-refractivity contribution is 7.91. The molecule has 5 nitrogen and oxygen atoms in total. The molecule has 2 unspecified atom stereocenters. The first kappa shape index (κ1) is 16.1. The average molecular weight is 350 g/mol. The molecule has 23 heavy (non-hydrogen) atoms. The highest BCUT2D eigenvalue weighted by Gasteiger charge is 2.33. The lowest BCUT2D eigenvalue weighted by molar-refractivity contribution is -0.125. The fourth-order valence-electron chi connectivity index (χ4n) is 2.77. The fraction of sp³-hybridized carbons (Fsp3) is 0.375. The maximum atomic E-state index is 12.5. The van der Waals surface area contributed by atoms with Gasteiger partial charge in [0.25, 0.3) is 0 Å². The summed E-state index contributed by atoms with van der Waals surface area (Å²) >= 11 is 1.61. The van der Waals surface area contributed by atoms with Crippen LogP contribution in [0, 0.1) is 5.92 Å². The van der Waals surface area contributed by atoms with Crippen LogP contribution in [0.2, 0.25) is 0 Å². The monoisotopic (exact) mass is 350 g/mol. The minimum absolute atomic E-state index is 0.0446. The molecule has 0 radical (unpaired) electrons. The molecular formula is C16H18N2O3S2. The van der Waals surface area contributed by atoms with Crippen LogP contribution in [0.25, 0.3) is 0 Å². The molecule has 0 aromatic carbocycles. The summed E-state index contributed by atoms with van der Waals surface area (Å²) in [5.74, 6) is -0.568. The molecule has 2 aromatic rings. The van der Waals surface area contributed by atoms with Crippen molar-refractivity contribution in [2.75, 3.05) is 11.5 Å². The first-order chi connectivity index (χ1) is 11.0. The van der Waals surface area contributed by atoms with E-state index >= 15 is 0 Å². The van der Waals surface area contributed by atoms with Gasteiger partial charge in [-0.15, -0.1) is 0 Å². The molecular weight excluding hydrogens is 332 g/mol. The van der Waals surface area contributed by atoms with Crippen LogP contribution in [0.1, 0.15) is 23.6 Å². The second kappa shape index (κ2) is 6.80. The number of pyridine rings is 1. The Labute approximate surface area is 139 Å². The summed E-state index contributed by atoms with van der Waals surface area (Å²) in [4.78, 5) is 16.6. The van der Waals surface area contributed by atoms with Gasteiger partial charge >= 0.3 is 0 Å². The Bertz CT molecular complexity index is 758. The molecule has 1 fully saturated rings. The first-order valence-corrected chi connectivity index (χ1v) is 10.2. The summed E-state index contributed by atoms with van der Waals surface area (Å²) in [7, 11) is -3.06. The van der Waals surface area contributed by atoms with E-state index in [2.05, 4.69) is 15.7 Å². The SMILES string of the molecule is O=C(NC(Cc1ccsc1)c1cccnc1)C1CCS(=O)(=O)C1. The van der Waals surface area contributed by atoms with E-state index in [9.17, 15) is 13.2 Å². The van der Waals surface area contributed by atoms with Crippen LogP contribution < -0.4 is 5.32 Å². The quantitative estimate of drug-likeness (QED) is 0.894. The van der Waals surface area contributed by atoms with Crippen molar-refractivity contribution in [3.63, 3.8) is 0 Å². The number of hydrogen-bond donors (Lipinski definition) is 1. The number of carbonyl (C=O) groups is 1. The normalized spacial score (nSPS) is 21.0. The number of sulfone groups is 1. The summed E-state index contributed by atoms with van der Waals surface area (Å²) in [5.41, 5.74) is 2.07. The molecule has 3 rings (SSSR count).